The SMILES string of the molecule is Cc1cc(C(C)(C)C)ccc1Cc1ccccc1Cl. The Labute approximate surface area is 121 Å². The van der Waals surface area contributed by atoms with Crippen molar-refractivity contribution in [2.45, 2.75) is 39.5 Å². The second-order valence-electron chi connectivity index (χ2n) is 6.16. The Balaban J connectivity index is 2.30. The molecule has 0 saturated heterocycles. The molecule has 1 heteroatoms. The van der Waals surface area contributed by atoms with E-state index in [-0.39, 0.29) is 5.41 Å². The Hall–Kier alpha value is -1.27. The van der Waals surface area contributed by atoms with Crippen molar-refractivity contribution in [3.8, 4) is 0 Å². The molecule has 0 heterocycles. The molecule has 0 aromatic heterocycles. The number of aryl methyl sites for hydroxylation is 1. The highest BCUT2D eigenvalue weighted by molar-refractivity contribution is 6.31. The monoisotopic (exact) mass is 272 g/mol. The van der Waals surface area contributed by atoms with Gasteiger partial charge in [-0.05, 0) is 47.1 Å². The number of benzene rings is 2. The van der Waals surface area contributed by atoms with Crippen molar-refractivity contribution in [2.24, 2.45) is 0 Å². The van der Waals surface area contributed by atoms with Crippen molar-refractivity contribution in [1.82, 2.24) is 0 Å². The van der Waals surface area contributed by atoms with Crippen LogP contribution in [0.1, 0.15) is 43.0 Å². The van der Waals surface area contributed by atoms with Crippen molar-refractivity contribution >= 4 is 11.6 Å². The van der Waals surface area contributed by atoms with Crippen LogP contribution in [0.5, 0.6) is 0 Å². The zero-order valence-electron chi connectivity index (χ0n) is 12.1. The molecule has 2 rings (SSSR count). The Bertz CT molecular complexity index is 576. The molecule has 0 aliphatic rings. The zero-order valence-corrected chi connectivity index (χ0v) is 12.9. The van der Waals surface area contributed by atoms with Crippen LogP contribution < -0.4 is 0 Å². The predicted octanol–water partition coefficient (Wildman–Crippen LogP) is 5.54. The van der Waals surface area contributed by atoms with Gasteiger partial charge in [-0.2, -0.15) is 0 Å². The molecule has 0 radical (unpaired) electrons. The summed E-state index contributed by atoms with van der Waals surface area (Å²) in [5.41, 5.74) is 5.46. The third-order valence-corrected chi connectivity index (χ3v) is 3.92. The Kier molecular flexibility index (Phi) is 4.01. The van der Waals surface area contributed by atoms with Gasteiger partial charge in [-0.15, -0.1) is 0 Å². The summed E-state index contributed by atoms with van der Waals surface area (Å²) in [7, 11) is 0. The molecule has 0 fully saturated rings. The number of rotatable bonds is 2. The molecule has 0 nitrogen and oxygen atoms in total. The van der Waals surface area contributed by atoms with Crippen molar-refractivity contribution in [2.75, 3.05) is 0 Å². The van der Waals surface area contributed by atoms with Gasteiger partial charge in [0.15, 0.2) is 0 Å². The fourth-order valence-electron chi connectivity index (χ4n) is 2.21. The van der Waals surface area contributed by atoms with Gasteiger partial charge in [0.05, 0.1) is 0 Å². The topological polar surface area (TPSA) is 0 Å². The maximum atomic E-state index is 6.23. The van der Waals surface area contributed by atoms with E-state index in [1.807, 2.05) is 18.2 Å². The van der Waals surface area contributed by atoms with Crippen LogP contribution in [0.25, 0.3) is 0 Å². The molecule has 0 amide bonds. The van der Waals surface area contributed by atoms with Gasteiger partial charge in [0, 0.05) is 5.02 Å². The van der Waals surface area contributed by atoms with Crippen molar-refractivity contribution in [1.29, 1.82) is 0 Å². The van der Waals surface area contributed by atoms with Crippen LogP contribution in [0.4, 0.5) is 0 Å². The normalized spacial score (nSPS) is 11.6. The van der Waals surface area contributed by atoms with Gasteiger partial charge in [-0.25, -0.2) is 0 Å². The molecule has 0 aliphatic carbocycles. The second kappa shape index (κ2) is 5.38. The summed E-state index contributed by atoms with van der Waals surface area (Å²) in [5.74, 6) is 0. The quantitative estimate of drug-likeness (QED) is 0.674. The third-order valence-electron chi connectivity index (χ3n) is 3.55. The highest BCUT2D eigenvalue weighted by Crippen LogP contribution is 2.26. The van der Waals surface area contributed by atoms with Crippen LogP contribution in [0.3, 0.4) is 0 Å². The lowest BCUT2D eigenvalue weighted by Gasteiger charge is -2.20. The zero-order chi connectivity index (χ0) is 14.0. The van der Waals surface area contributed by atoms with E-state index in [0.717, 1.165) is 11.4 Å². The molecule has 19 heavy (non-hydrogen) atoms. The first-order valence-corrected chi connectivity index (χ1v) is 7.09. The molecule has 0 aliphatic heterocycles. The molecular weight excluding hydrogens is 252 g/mol. The van der Waals surface area contributed by atoms with Crippen LogP contribution in [-0.2, 0) is 11.8 Å². The largest absolute Gasteiger partial charge is 0.0840 e. The standard InChI is InChI=1S/C18H21Cl/c1-13-11-16(18(2,3)4)10-9-14(13)12-15-7-5-6-8-17(15)19/h5-11H,12H2,1-4H3. The van der Waals surface area contributed by atoms with Crippen molar-refractivity contribution in [3.63, 3.8) is 0 Å². The summed E-state index contributed by atoms with van der Waals surface area (Å²) < 4.78 is 0. The van der Waals surface area contributed by atoms with Gasteiger partial charge in [0.1, 0.15) is 0 Å². The fourth-order valence-corrected chi connectivity index (χ4v) is 2.41. The highest BCUT2D eigenvalue weighted by Gasteiger charge is 2.14. The van der Waals surface area contributed by atoms with Gasteiger partial charge in [0.25, 0.3) is 0 Å². The minimum Gasteiger partial charge on any atom is -0.0840 e. The smallest absolute Gasteiger partial charge is 0.0441 e. The van der Waals surface area contributed by atoms with Crippen LogP contribution in [0.2, 0.25) is 5.02 Å². The van der Waals surface area contributed by atoms with E-state index in [1.165, 1.54) is 22.3 Å². The van der Waals surface area contributed by atoms with Gasteiger partial charge < -0.3 is 0 Å². The molecule has 2 aromatic carbocycles. The lowest BCUT2D eigenvalue weighted by atomic mass is 9.85. The van der Waals surface area contributed by atoms with E-state index >= 15 is 0 Å². The lowest BCUT2D eigenvalue weighted by molar-refractivity contribution is 0.589. The molecule has 0 atom stereocenters. The van der Waals surface area contributed by atoms with Gasteiger partial charge in [-0.3, -0.25) is 0 Å². The van der Waals surface area contributed by atoms with Crippen LogP contribution >= 0.6 is 11.6 Å². The summed E-state index contributed by atoms with van der Waals surface area (Å²) in [6.45, 7) is 8.92. The van der Waals surface area contributed by atoms with E-state index in [4.69, 9.17) is 11.6 Å². The van der Waals surface area contributed by atoms with E-state index in [9.17, 15) is 0 Å². The van der Waals surface area contributed by atoms with Gasteiger partial charge >= 0.3 is 0 Å². The maximum Gasteiger partial charge on any atom is 0.0441 e. The first-order chi connectivity index (χ1) is 8.88. The van der Waals surface area contributed by atoms with E-state index < -0.39 is 0 Å². The van der Waals surface area contributed by atoms with Crippen LogP contribution in [-0.4, -0.2) is 0 Å². The molecule has 0 spiro atoms. The summed E-state index contributed by atoms with van der Waals surface area (Å²) in [5, 5.41) is 0.849. The van der Waals surface area contributed by atoms with Crippen LogP contribution in [0, 0.1) is 6.92 Å². The molecule has 0 saturated carbocycles. The van der Waals surface area contributed by atoms with Crippen LogP contribution in [0.15, 0.2) is 42.5 Å². The maximum absolute atomic E-state index is 6.23. The third kappa shape index (κ3) is 3.39. The molecule has 2 aromatic rings. The van der Waals surface area contributed by atoms with Gasteiger partial charge in [0.2, 0.25) is 0 Å². The van der Waals surface area contributed by atoms with E-state index in [0.29, 0.717) is 0 Å². The Morgan fingerprint density at radius 1 is 0.947 bits per heavy atom. The van der Waals surface area contributed by atoms with Crippen molar-refractivity contribution < 1.29 is 0 Å². The molecular formula is C18H21Cl. The molecule has 0 unspecified atom stereocenters. The van der Waals surface area contributed by atoms with Gasteiger partial charge in [-0.1, -0.05) is 68.8 Å². The lowest BCUT2D eigenvalue weighted by Crippen LogP contribution is -2.11. The first-order valence-electron chi connectivity index (χ1n) is 6.71. The van der Waals surface area contributed by atoms with Crippen molar-refractivity contribution in [3.05, 3.63) is 69.7 Å². The average Bonchev–Trinajstić information content (AvgIpc) is 2.33. The second-order valence-corrected chi connectivity index (χ2v) is 6.57. The average molecular weight is 273 g/mol. The minimum atomic E-state index is 0.202. The summed E-state index contributed by atoms with van der Waals surface area (Å²) in [4.78, 5) is 0. The number of halogens is 1. The predicted molar refractivity (Wildman–Crippen MR) is 84.1 cm³/mol. The Morgan fingerprint density at radius 2 is 1.63 bits per heavy atom. The fraction of sp³-hybridized carbons (Fsp3) is 0.333. The number of hydrogen-bond donors (Lipinski definition) is 0. The summed E-state index contributed by atoms with van der Waals surface area (Å²) in [6, 6.07) is 14.8. The first kappa shape index (κ1) is 14.1. The molecule has 0 bridgehead atoms. The van der Waals surface area contributed by atoms with E-state index in [1.54, 1.807) is 0 Å². The summed E-state index contributed by atoms with van der Waals surface area (Å²) in [6.07, 6.45) is 0.899. The van der Waals surface area contributed by atoms with E-state index in [2.05, 4.69) is 52.0 Å². The molecule has 100 valence electrons. The molecule has 0 N–H and O–H groups in total. The minimum absolute atomic E-state index is 0.202. The number of hydrogen-bond acceptors (Lipinski definition) is 0. The highest BCUT2D eigenvalue weighted by atomic mass is 35.5. The Morgan fingerprint density at radius 3 is 2.21 bits per heavy atom. The summed E-state index contributed by atoms with van der Waals surface area (Å²) >= 11 is 6.23.